The number of nitrogens with zero attached hydrogens (tertiary/aromatic N) is 1. The second kappa shape index (κ2) is 9.76. The first-order chi connectivity index (χ1) is 16.3. The second-order valence-electron chi connectivity index (χ2n) is 8.94. The van der Waals surface area contributed by atoms with Gasteiger partial charge >= 0.3 is 5.97 Å². The van der Waals surface area contributed by atoms with Crippen LogP contribution in [-0.2, 0) is 9.53 Å². The first kappa shape index (κ1) is 21.7. The predicted octanol–water partition coefficient (Wildman–Crippen LogP) is 6.43. The molecular formula is C30H31NO2. The summed E-state index contributed by atoms with van der Waals surface area (Å²) in [5.74, 6) is -0.0230. The van der Waals surface area contributed by atoms with E-state index in [1.54, 1.807) is 0 Å². The van der Waals surface area contributed by atoms with E-state index < -0.39 is 0 Å². The number of benzene rings is 3. The number of hydrogen-bond donors (Lipinski definition) is 0. The average molecular weight is 438 g/mol. The van der Waals surface area contributed by atoms with Gasteiger partial charge in [-0.2, -0.15) is 0 Å². The molecule has 3 aromatic rings. The van der Waals surface area contributed by atoms with Crippen molar-refractivity contribution in [2.75, 3.05) is 26.2 Å². The number of piperidine rings is 1. The van der Waals surface area contributed by atoms with Crippen molar-refractivity contribution in [1.82, 2.24) is 4.90 Å². The van der Waals surface area contributed by atoms with Crippen LogP contribution in [-0.4, -0.2) is 37.1 Å². The Morgan fingerprint density at radius 3 is 1.94 bits per heavy atom. The van der Waals surface area contributed by atoms with Crippen molar-refractivity contribution >= 4 is 11.5 Å². The fourth-order valence-corrected chi connectivity index (χ4v) is 5.33. The lowest BCUT2D eigenvalue weighted by Crippen LogP contribution is -2.39. The zero-order valence-electron chi connectivity index (χ0n) is 19.3. The molecule has 0 radical (unpaired) electrons. The van der Waals surface area contributed by atoms with E-state index in [9.17, 15) is 4.79 Å². The van der Waals surface area contributed by atoms with E-state index in [0.29, 0.717) is 6.61 Å². The minimum atomic E-state index is -0.0371. The van der Waals surface area contributed by atoms with E-state index in [1.165, 1.54) is 39.0 Å². The number of esters is 1. The molecule has 1 fully saturated rings. The lowest BCUT2D eigenvalue weighted by Gasteiger charge is -2.31. The van der Waals surface area contributed by atoms with Gasteiger partial charge in [0.2, 0.25) is 0 Å². The largest absolute Gasteiger partial charge is 0.466 e. The van der Waals surface area contributed by atoms with Gasteiger partial charge in [0.05, 0.1) is 12.5 Å². The van der Waals surface area contributed by atoms with Gasteiger partial charge in [-0.05, 0) is 71.7 Å². The summed E-state index contributed by atoms with van der Waals surface area (Å²) in [7, 11) is 0. The molecule has 5 rings (SSSR count). The maximum absolute atomic E-state index is 12.2. The van der Waals surface area contributed by atoms with Crippen molar-refractivity contribution < 1.29 is 9.53 Å². The summed E-state index contributed by atoms with van der Waals surface area (Å²) in [5, 5.41) is 0. The molecule has 0 bridgehead atoms. The van der Waals surface area contributed by atoms with E-state index in [0.717, 1.165) is 38.9 Å². The minimum Gasteiger partial charge on any atom is -0.466 e. The van der Waals surface area contributed by atoms with Crippen molar-refractivity contribution in [3.8, 4) is 22.3 Å². The Labute approximate surface area is 196 Å². The van der Waals surface area contributed by atoms with Gasteiger partial charge in [0, 0.05) is 13.1 Å². The zero-order chi connectivity index (χ0) is 22.6. The predicted molar refractivity (Wildman–Crippen MR) is 135 cm³/mol. The minimum absolute atomic E-state index is 0.0141. The summed E-state index contributed by atoms with van der Waals surface area (Å²) in [6.45, 7) is 5.16. The summed E-state index contributed by atoms with van der Waals surface area (Å²) in [5.41, 5.74) is 9.04. The van der Waals surface area contributed by atoms with Gasteiger partial charge in [-0.3, -0.25) is 4.79 Å². The van der Waals surface area contributed by atoms with Crippen LogP contribution in [0.3, 0.4) is 0 Å². The van der Waals surface area contributed by atoms with Gasteiger partial charge < -0.3 is 9.64 Å². The Balaban J connectivity index is 1.45. The van der Waals surface area contributed by atoms with Crippen molar-refractivity contribution in [3.63, 3.8) is 0 Å². The average Bonchev–Trinajstić information content (AvgIpc) is 2.98. The standard InChI is InChI=1S/C30H31NO2/c1-2-33-30(32)22-11-9-19-31(21-22)20-10-18-29-27-16-7-5-14-25(27)23-12-3-4-13-24(23)26-15-6-8-17-28(26)29/h3-8,12-18,22H,2,9-11,19-21H2,1H3/t22-/m1/s1. The lowest BCUT2D eigenvalue weighted by atomic mass is 9.92. The molecule has 1 heterocycles. The van der Waals surface area contributed by atoms with Crippen LogP contribution in [0.5, 0.6) is 0 Å². The van der Waals surface area contributed by atoms with Crippen LogP contribution in [0.25, 0.3) is 27.8 Å². The van der Waals surface area contributed by atoms with Crippen LogP contribution in [0.15, 0.2) is 78.9 Å². The Morgan fingerprint density at radius 1 is 0.879 bits per heavy atom. The normalized spacial score (nSPS) is 17.4. The first-order valence-electron chi connectivity index (χ1n) is 12.1. The highest BCUT2D eigenvalue weighted by atomic mass is 16.5. The molecule has 0 spiro atoms. The Morgan fingerprint density at radius 2 is 1.39 bits per heavy atom. The van der Waals surface area contributed by atoms with Crippen molar-refractivity contribution in [2.45, 2.75) is 26.2 Å². The van der Waals surface area contributed by atoms with Gasteiger partial charge in [0.1, 0.15) is 0 Å². The molecule has 0 aromatic heterocycles. The number of likely N-dealkylation sites (tertiary alicyclic amines) is 1. The topological polar surface area (TPSA) is 29.5 Å². The van der Waals surface area contributed by atoms with Crippen LogP contribution < -0.4 is 0 Å². The highest BCUT2D eigenvalue weighted by molar-refractivity contribution is 6.01. The third-order valence-corrected chi connectivity index (χ3v) is 6.86. The SMILES string of the molecule is CCOC(=O)[C@@H]1CCCN(CCC=C2c3ccccc3-c3ccccc3-c3ccccc32)C1. The highest BCUT2D eigenvalue weighted by Crippen LogP contribution is 2.45. The molecule has 3 aromatic carbocycles. The number of carbonyl (C=O) groups is 1. The van der Waals surface area contributed by atoms with Gasteiger partial charge in [0.15, 0.2) is 0 Å². The zero-order valence-corrected chi connectivity index (χ0v) is 19.3. The van der Waals surface area contributed by atoms with Gasteiger partial charge in [-0.15, -0.1) is 0 Å². The molecule has 1 atom stereocenters. The van der Waals surface area contributed by atoms with Gasteiger partial charge in [-0.1, -0.05) is 78.9 Å². The fraction of sp³-hybridized carbons (Fsp3) is 0.300. The molecule has 1 saturated heterocycles. The number of ether oxygens (including phenoxy) is 1. The highest BCUT2D eigenvalue weighted by Gasteiger charge is 2.27. The molecule has 0 unspecified atom stereocenters. The van der Waals surface area contributed by atoms with Crippen LogP contribution in [0.2, 0.25) is 0 Å². The van der Waals surface area contributed by atoms with Crippen LogP contribution in [0, 0.1) is 5.92 Å². The van der Waals surface area contributed by atoms with Gasteiger partial charge in [0.25, 0.3) is 0 Å². The maximum atomic E-state index is 12.2. The molecule has 0 amide bonds. The summed E-state index contributed by atoms with van der Waals surface area (Å²) >= 11 is 0. The summed E-state index contributed by atoms with van der Waals surface area (Å²) in [4.78, 5) is 14.6. The van der Waals surface area contributed by atoms with Gasteiger partial charge in [-0.25, -0.2) is 0 Å². The van der Waals surface area contributed by atoms with Crippen LogP contribution in [0.1, 0.15) is 37.3 Å². The summed E-state index contributed by atoms with van der Waals surface area (Å²) in [6, 6.07) is 26.2. The smallest absolute Gasteiger partial charge is 0.310 e. The molecule has 2 aliphatic rings. The molecule has 33 heavy (non-hydrogen) atoms. The van der Waals surface area contributed by atoms with E-state index in [2.05, 4.69) is 83.8 Å². The molecule has 0 saturated carbocycles. The Bertz CT molecular complexity index is 1110. The van der Waals surface area contributed by atoms with E-state index in [1.807, 2.05) is 6.92 Å². The molecular weight excluding hydrogens is 406 g/mol. The van der Waals surface area contributed by atoms with Crippen LogP contribution in [0.4, 0.5) is 0 Å². The van der Waals surface area contributed by atoms with E-state index in [4.69, 9.17) is 4.74 Å². The number of rotatable bonds is 5. The van der Waals surface area contributed by atoms with E-state index >= 15 is 0 Å². The molecule has 1 aliphatic carbocycles. The van der Waals surface area contributed by atoms with Crippen molar-refractivity contribution in [3.05, 3.63) is 90.0 Å². The number of carbonyl (C=O) groups excluding carboxylic acids is 1. The third-order valence-electron chi connectivity index (χ3n) is 6.86. The summed E-state index contributed by atoms with van der Waals surface area (Å²) in [6.07, 6.45) is 5.35. The molecule has 168 valence electrons. The monoisotopic (exact) mass is 437 g/mol. The molecule has 1 aliphatic heterocycles. The van der Waals surface area contributed by atoms with Crippen molar-refractivity contribution in [2.24, 2.45) is 5.92 Å². The number of hydrogen-bond acceptors (Lipinski definition) is 3. The fourth-order valence-electron chi connectivity index (χ4n) is 5.33. The first-order valence-corrected chi connectivity index (χ1v) is 12.1. The Kier molecular flexibility index (Phi) is 6.41. The Hall–Kier alpha value is -3.17. The number of fused-ring (bicyclic) bond motifs is 5. The quantitative estimate of drug-likeness (QED) is 0.337. The molecule has 3 nitrogen and oxygen atoms in total. The summed E-state index contributed by atoms with van der Waals surface area (Å²) < 4.78 is 5.27. The van der Waals surface area contributed by atoms with E-state index in [-0.39, 0.29) is 11.9 Å². The maximum Gasteiger partial charge on any atom is 0.310 e. The van der Waals surface area contributed by atoms with Crippen LogP contribution >= 0.6 is 0 Å². The lowest BCUT2D eigenvalue weighted by molar-refractivity contribution is -0.149. The second-order valence-corrected chi connectivity index (χ2v) is 8.94. The molecule has 0 N–H and O–H groups in total. The third kappa shape index (κ3) is 4.38. The van der Waals surface area contributed by atoms with Crippen molar-refractivity contribution in [1.29, 1.82) is 0 Å². The molecule has 3 heteroatoms.